The third kappa shape index (κ3) is 7.40. The second kappa shape index (κ2) is 13.7. The molecule has 0 bridgehead atoms. The molecule has 2 saturated heterocycles. The van der Waals surface area contributed by atoms with Crippen LogP contribution in [-0.2, 0) is 26.0 Å². The molecule has 0 aromatic heterocycles. The molecule has 11 heteroatoms. The number of nitrogens with two attached hydrogens (primary N) is 1. The maximum Gasteiger partial charge on any atom is 0.241 e. The number of halogens is 2. The Kier molecular flexibility index (Phi) is 10.6. The molecular formula is C29H40ClFN4O4S. The zero-order chi connectivity index (χ0) is 28.9. The van der Waals surface area contributed by atoms with E-state index >= 15 is 4.39 Å². The molecule has 2 fully saturated rings. The summed E-state index contributed by atoms with van der Waals surface area (Å²) >= 11 is 6.11. The number of nitrogens with zero attached hydrogens (tertiary/aromatic N) is 1. The van der Waals surface area contributed by atoms with Crippen LogP contribution >= 0.6 is 11.6 Å². The van der Waals surface area contributed by atoms with Crippen LogP contribution in [-0.4, -0.2) is 69.3 Å². The van der Waals surface area contributed by atoms with Gasteiger partial charge in [-0.1, -0.05) is 36.7 Å². The number of carbonyl (C=O) groups excluding carboxylic acids is 1. The van der Waals surface area contributed by atoms with Crippen LogP contribution in [0.2, 0.25) is 5.02 Å². The summed E-state index contributed by atoms with van der Waals surface area (Å²) in [5.41, 5.74) is 8.24. The lowest BCUT2D eigenvalue weighted by Crippen LogP contribution is -2.58. The first-order valence-electron chi connectivity index (χ1n) is 14.0. The van der Waals surface area contributed by atoms with Crippen molar-refractivity contribution in [3.8, 4) is 0 Å². The predicted molar refractivity (Wildman–Crippen MR) is 156 cm³/mol. The Morgan fingerprint density at radius 3 is 2.50 bits per heavy atom. The van der Waals surface area contributed by atoms with Gasteiger partial charge in [-0.15, -0.1) is 0 Å². The van der Waals surface area contributed by atoms with Crippen molar-refractivity contribution in [1.82, 2.24) is 9.62 Å². The average molecular weight is 595 g/mol. The number of anilines is 1. The van der Waals surface area contributed by atoms with Crippen LogP contribution in [0.25, 0.3) is 0 Å². The van der Waals surface area contributed by atoms with Crippen LogP contribution in [0.3, 0.4) is 0 Å². The van der Waals surface area contributed by atoms with Crippen LogP contribution in [0.5, 0.6) is 0 Å². The molecule has 2 aliphatic rings. The quantitative estimate of drug-likeness (QED) is 0.384. The van der Waals surface area contributed by atoms with Crippen LogP contribution in [0.1, 0.15) is 49.7 Å². The van der Waals surface area contributed by atoms with Crippen molar-refractivity contribution in [3.63, 3.8) is 0 Å². The van der Waals surface area contributed by atoms with E-state index in [1.807, 2.05) is 19.1 Å². The number of sulfonamides is 1. The Labute approximate surface area is 241 Å². The highest BCUT2D eigenvalue weighted by atomic mass is 35.5. The first kappa shape index (κ1) is 30.9. The topological polar surface area (TPSA) is 114 Å². The van der Waals surface area contributed by atoms with Gasteiger partial charge in [0.05, 0.1) is 12.3 Å². The Morgan fingerprint density at radius 2 is 1.85 bits per heavy atom. The molecule has 2 heterocycles. The molecule has 2 aromatic carbocycles. The zero-order valence-electron chi connectivity index (χ0n) is 23.1. The lowest BCUT2D eigenvalue weighted by molar-refractivity contribution is -0.118. The molecular weight excluding hydrogens is 555 g/mol. The minimum Gasteiger partial charge on any atom is -0.381 e. The van der Waals surface area contributed by atoms with E-state index in [4.69, 9.17) is 22.1 Å². The number of ether oxygens (including phenoxy) is 1. The van der Waals surface area contributed by atoms with Crippen LogP contribution < -0.4 is 16.4 Å². The molecule has 2 aliphatic heterocycles. The fourth-order valence-electron chi connectivity index (χ4n) is 6.14. The van der Waals surface area contributed by atoms with E-state index in [2.05, 4.69) is 10.6 Å². The van der Waals surface area contributed by atoms with Gasteiger partial charge in [0.15, 0.2) is 0 Å². The number of hydrogen-bond donors (Lipinski definition) is 3. The van der Waals surface area contributed by atoms with Crippen molar-refractivity contribution in [2.45, 2.75) is 63.1 Å². The van der Waals surface area contributed by atoms with Crippen molar-refractivity contribution < 1.29 is 22.3 Å². The maximum atomic E-state index is 15.1. The van der Waals surface area contributed by atoms with E-state index in [0.29, 0.717) is 55.4 Å². The molecule has 1 unspecified atom stereocenters. The van der Waals surface area contributed by atoms with Gasteiger partial charge in [-0.05, 0) is 67.9 Å². The van der Waals surface area contributed by atoms with Crippen LogP contribution in [0.4, 0.5) is 10.1 Å². The molecule has 8 nitrogen and oxygen atoms in total. The summed E-state index contributed by atoms with van der Waals surface area (Å²) in [7, 11) is -3.44. The van der Waals surface area contributed by atoms with Crippen molar-refractivity contribution in [3.05, 3.63) is 64.4 Å². The Morgan fingerprint density at radius 1 is 1.18 bits per heavy atom. The molecule has 4 rings (SSSR count). The lowest BCUT2D eigenvalue weighted by Gasteiger charge is -2.40. The number of amides is 1. The smallest absolute Gasteiger partial charge is 0.241 e. The van der Waals surface area contributed by atoms with Crippen LogP contribution in [0.15, 0.2) is 42.5 Å². The molecule has 220 valence electrons. The molecule has 2 aromatic rings. The van der Waals surface area contributed by atoms with E-state index in [-0.39, 0.29) is 30.3 Å². The second-order valence-corrected chi connectivity index (χ2v) is 13.1. The molecule has 1 amide bonds. The third-order valence-corrected chi connectivity index (χ3v) is 9.77. The van der Waals surface area contributed by atoms with Crippen molar-refractivity contribution in [2.24, 2.45) is 11.7 Å². The van der Waals surface area contributed by atoms with Crippen LogP contribution in [0, 0.1) is 11.7 Å². The molecule has 4 atom stereocenters. The standard InChI is InChI=1S/C29H40ClFN4O4S/c1-3-22-17-33-18-23(35(22)40(2,37)38)11-12-24-25(31)5-4-6-26(24)34-29(36)28(32)27(20-13-15-39-16-14-20)19-7-9-21(30)10-8-19/h4-10,20,22-23,27-28,33H,3,11-18,32H2,1-2H3,(H,34,36)/t22-,23?,27-,28-/m0/s1. The largest absolute Gasteiger partial charge is 0.381 e. The fraction of sp³-hybridized carbons (Fsp3) is 0.552. The molecule has 0 spiro atoms. The number of piperazine rings is 1. The van der Waals surface area contributed by atoms with Crippen molar-refractivity contribution in [2.75, 3.05) is 37.9 Å². The lowest BCUT2D eigenvalue weighted by atomic mass is 9.76. The van der Waals surface area contributed by atoms with Gasteiger partial charge in [-0.2, -0.15) is 4.31 Å². The SMILES string of the molecule is CC[C@H]1CNCC(CCc2c(F)cccc2NC(=O)[C@@H](N)[C@@H](c2ccc(Cl)cc2)C2CCOCC2)N1S(C)(=O)=O. The predicted octanol–water partition coefficient (Wildman–Crippen LogP) is 3.90. The van der Waals surface area contributed by atoms with Gasteiger partial charge in [0.1, 0.15) is 5.82 Å². The summed E-state index contributed by atoms with van der Waals surface area (Å²) in [5.74, 6) is -0.969. The number of rotatable bonds is 10. The summed E-state index contributed by atoms with van der Waals surface area (Å²) in [6, 6.07) is 10.6. The first-order valence-corrected chi connectivity index (χ1v) is 16.2. The molecule has 0 radical (unpaired) electrons. The highest BCUT2D eigenvalue weighted by Crippen LogP contribution is 2.35. The maximum absolute atomic E-state index is 15.1. The number of carbonyl (C=O) groups is 1. The van der Waals surface area contributed by atoms with Crippen molar-refractivity contribution in [1.29, 1.82) is 0 Å². The summed E-state index contributed by atoms with van der Waals surface area (Å²) in [6.07, 6.45) is 4.13. The van der Waals surface area contributed by atoms with Gasteiger partial charge >= 0.3 is 0 Å². The number of hydrogen-bond acceptors (Lipinski definition) is 6. The number of nitrogens with one attached hydrogen (secondary N) is 2. The van der Waals surface area contributed by atoms with E-state index in [9.17, 15) is 13.2 Å². The van der Waals surface area contributed by atoms with E-state index in [1.165, 1.54) is 12.3 Å². The normalized spacial score (nSPS) is 22.5. The Hall–Kier alpha value is -2.08. The highest BCUT2D eigenvalue weighted by Gasteiger charge is 2.37. The minimum atomic E-state index is -3.44. The van der Waals surface area contributed by atoms with Gasteiger partial charge in [-0.3, -0.25) is 4.79 Å². The van der Waals surface area contributed by atoms with Gasteiger partial charge in [0.25, 0.3) is 0 Å². The summed E-state index contributed by atoms with van der Waals surface area (Å²) in [4.78, 5) is 13.6. The molecule has 0 saturated carbocycles. The second-order valence-electron chi connectivity index (χ2n) is 10.8. The van der Waals surface area contributed by atoms with E-state index in [0.717, 1.165) is 18.4 Å². The Bertz CT molecular complexity index is 1260. The van der Waals surface area contributed by atoms with Gasteiger partial charge in [0.2, 0.25) is 15.9 Å². The Balaban J connectivity index is 1.53. The van der Waals surface area contributed by atoms with E-state index < -0.39 is 27.8 Å². The fourth-order valence-corrected chi connectivity index (χ4v) is 7.76. The summed E-state index contributed by atoms with van der Waals surface area (Å²) in [6.45, 7) is 4.24. The van der Waals surface area contributed by atoms with Gasteiger partial charge in [0, 0.05) is 60.6 Å². The third-order valence-electron chi connectivity index (χ3n) is 8.16. The first-order chi connectivity index (χ1) is 19.1. The molecule has 0 aliphatic carbocycles. The number of benzene rings is 2. The zero-order valence-corrected chi connectivity index (χ0v) is 24.7. The average Bonchev–Trinajstić information content (AvgIpc) is 2.93. The van der Waals surface area contributed by atoms with E-state index in [1.54, 1.807) is 28.6 Å². The monoisotopic (exact) mass is 594 g/mol. The van der Waals surface area contributed by atoms with Gasteiger partial charge < -0.3 is 21.1 Å². The van der Waals surface area contributed by atoms with Crippen molar-refractivity contribution >= 4 is 33.2 Å². The molecule has 4 N–H and O–H groups in total. The highest BCUT2D eigenvalue weighted by molar-refractivity contribution is 7.88. The summed E-state index contributed by atoms with van der Waals surface area (Å²) < 4.78 is 47.4. The van der Waals surface area contributed by atoms with Gasteiger partial charge in [-0.25, -0.2) is 12.8 Å². The minimum absolute atomic E-state index is 0.148. The summed E-state index contributed by atoms with van der Waals surface area (Å²) in [5, 5.41) is 6.80. The molecule has 40 heavy (non-hydrogen) atoms.